The first-order valence-corrected chi connectivity index (χ1v) is 6.15. The van der Waals surface area contributed by atoms with E-state index in [2.05, 4.69) is 4.98 Å². The number of pyridine rings is 1. The molecule has 0 saturated heterocycles. The lowest BCUT2D eigenvalue weighted by atomic mass is 10.2. The molecule has 0 aliphatic rings. The SMILES string of the molecule is Cc1ccc(OCc2ccc(O)cc2)c(CCl)n1. The standard InChI is InChI=1S/C14H14ClNO2/c1-10-2-7-14(13(8-15)16-10)18-9-11-3-5-12(17)6-4-11/h2-7,17H,8-9H2,1H3. The maximum atomic E-state index is 9.19. The lowest BCUT2D eigenvalue weighted by Gasteiger charge is -2.10. The van der Waals surface area contributed by atoms with Crippen LogP contribution in [0.15, 0.2) is 36.4 Å². The van der Waals surface area contributed by atoms with Gasteiger partial charge in [0.25, 0.3) is 0 Å². The molecular weight excluding hydrogens is 250 g/mol. The van der Waals surface area contributed by atoms with Gasteiger partial charge in [-0.15, -0.1) is 11.6 Å². The van der Waals surface area contributed by atoms with Gasteiger partial charge in [-0.25, -0.2) is 0 Å². The number of hydrogen-bond donors (Lipinski definition) is 1. The number of rotatable bonds is 4. The fraction of sp³-hybridized carbons (Fsp3) is 0.214. The summed E-state index contributed by atoms with van der Waals surface area (Å²) in [4.78, 5) is 4.32. The van der Waals surface area contributed by atoms with Crippen LogP contribution < -0.4 is 4.74 Å². The molecule has 0 fully saturated rings. The molecule has 1 aromatic heterocycles. The van der Waals surface area contributed by atoms with E-state index in [1.54, 1.807) is 12.1 Å². The number of halogens is 1. The van der Waals surface area contributed by atoms with Gasteiger partial charge in [0.2, 0.25) is 0 Å². The molecule has 0 unspecified atom stereocenters. The fourth-order valence-corrected chi connectivity index (χ4v) is 1.77. The van der Waals surface area contributed by atoms with Gasteiger partial charge in [-0.1, -0.05) is 12.1 Å². The number of phenols is 1. The second-order valence-corrected chi connectivity index (χ2v) is 4.25. The van der Waals surface area contributed by atoms with E-state index < -0.39 is 0 Å². The van der Waals surface area contributed by atoms with Crippen LogP contribution in [-0.4, -0.2) is 10.1 Å². The van der Waals surface area contributed by atoms with Crippen molar-refractivity contribution in [2.75, 3.05) is 0 Å². The maximum absolute atomic E-state index is 9.19. The highest BCUT2D eigenvalue weighted by atomic mass is 35.5. The van der Waals surface area contributed by atoms with Crippen LogP contribution in [0.5, 0.6) is 11.5 Å². The monoisotopic (exact) mass is 263 g/mol. The minimum atomic E-state index is 0.247. The molecule has 2 rings (SSSR count). The molecule has 0 amide bonds. The van der Waals surface area contributed by atoms with Crippen LogP contribution >= 0.6 is 11.6 Å². The molecule has 18 heavy (non-hydrogen) atoms. The Balaban J connectivity index is 2.08. The molecule has 1 aromatic carbocycles. The van der Waals surface area contributed by atoms with E-state index in [4.69, 9.17) is 16.3 Å². The molecule has 0 bridgehead atoms. The number of aromatic nitrogens is 1. The quantitative estimate of drug-likeness (QED) is 0.860. The van der Waals surface area contributed by atoms with E-state index in [0.717, 1.165) is 17.0 Å². The van der Waals surface area contributed by atoms with Crippen molar-refractivity contribution in [1.82, 2.24) is 4.98 Å². The van der Waals surface area contributed by atoms with Crippen LogP contribution in [0.4, 0.5) is 0 Å². The summed E-state index contributed by atoms with van der Waals surface area (Å²) < 4.78 is 5.68. The Morgan fingerprint density at radius 3 is 2.56 bits per heavy atom. The van der Waals surface area contributed by atoms with E-state index in [9.17, 15) is 5.11 Å². The summed E-state index contributed by atoms with van der Waals surface area (Å²) in [6.45, 7) is 2.34. The smallest absolute Gasteiger partial charge is 0.142 e. The van der Waals surface area contributed by atoms with Gasteiger partial charge in [0.15, 0.2) is 0 Å². The lowest BCUT2D eigenvalue weighted by Crippen LogP contribution is -2.00. The van der Waals surface area contributed by atoms with Crippen LogP contribution in [0, 0.1) is 6.92 Å². The van der Waals surface area contributed by atoms with Crippen molar-refractivity contribution < 1.29 is 9.84 Å². The Kier molecular flexibility index (Phi) is 4.05. The Bertz CT molecular complexity index is 526. The number of alkyl halides is 1. The normalized spacial score (nSPS) is 10.3. The molecule has 94 valence electrons. The third-order valence-corrected chi connectivity index (χ3v) is 2.78. The van der Waals surface area contributed by atoms with Gasteiger partial charge in [0.1, 0.15) is 18.1 Å². The van der Waals surface area contributed by atoms with Crippen molar-refractivity contribution in [2.24, 2.45) is 0 Å². The van der Waals surface area contributed by atoms with Gasteiger partial charge in [-0.05, 0) is 36.8 Å². The highest BCUT2D eigenvalue weighted by Crippen LogP contribution is 2.20. The number of phenolic OH excluding ortho intramolecular Hbond substituents is 1. The van der Waals surface area contributed by atoms with Crippen LogP contribution in [0.25, 0.3) is 0 Å². The predicted molar refractivity (Wildman–Crippen MR) is 71.0 cm³/mol. The number of ether oxygens (including phenoxy) is 1. The molecule has 0 aliphatic carbocycles. The van der Waals surface area contributed by atoms with Gasteiger partial charge in [-0.3, -0.25) is 4.98 Å². The van der Waals surface area contributed by atoms with Crippen LogP contribution in [0.2, 0.25) is 0 Å². The first kappa shape index (κ1) is 12.7. The van der Waals surface area contributed by atoms with Gasteiger partial charge in [-0.2, -0.15) is 0 Å². The minimum absolute atomic E-state index is 0.247. The van der Waals surface area contributed by atoms with E-state index in [1.807, 2.05) is 31.2 Å². The summed E-state index contributed by atoms with van der Waals surface area (Å²) >= 11 is 5.83. The van der Waals surface area contributed by atoms with E-state index in [1.165, 1.54) is 0 Å². The molecule has 0 atom stereocenters. The van der Waals surface area contributed by atoms with E-state index in [0.29, 0.717) is 18.2 Å². The van der Waals surface area contributed by atoms with Crippen molar-refractivity contribution in [3.8, 4) is 11.5 Å². The summed E-state index contributed by atoms with van der Waals surface area (Å²) in [5.74, 6) is 1.27. The topological polar surface area (TPSA) is 42.4 Å². The summed E-state index contributed by atoms with van der Waals surface area (Å²) in [6.07, 6.45) is 0. The molecular formula is C14H14ClNO2. The van der Waals surface area contributed by atoms with Crippen molar-refractivity contribution in [3.63, 3.8) is 0 Å². The number of aryl methyl sites for hydroxylation is 1. The average Bonchev–Trinajstić information content (AvgIpc) is 2.39. The van der Waals surface area contributed by atoms with Crippen LogP contribution in [0.1, 0.15) is 17.0 Å². The average molecular weight is 264 g/mol. The molecule has 2 aromatic rings. The molecule has 1 N–H and O–H groups in total. The maximum Gasteiger partial charge on any atom is 0.142 e. The van der Waals surface area contributed by atoms with Crippen LogP contribution in [0.3, 0.4) is 0 Å². The summed E-state index contributed by atoms with van der Waals surface area (Å²) in [5.41, 5.74) is 2.65. The lowest BCUT2D eigenvalue weighted by molar-refractivity contribution is 0.302. The van der Waals surface area contributed by atoms with Crippen LogP contribution in [-0.2, 0) is 12.5 Å². The van der Waals surface area contributed by atoms with Gasteiger partial charge in [0, 0.05) is 5.69 Å². The van der Waals surface area contributed by atoms with E-state index in [-0.39, 0.29) is 5.75 Å². The molecule has 4 heteroatoms. The fourth-order valence-electron chi connectivity index (χ4n) is 1.58. The molecule has 0 saturated carbocycles. The number of hydrogen-bond acceptors (Lipinski definition) is 3. The Hall–Kier alpha value is -1.74. The van der Waals surface area contributed by atoms with E-state index >= 15 is 0 Å². The summed E-state index contributed by atoms with van der Waals surface area (Å²) in [6, 6.07) is 10.7. The number of aromatic hydroxyl groups is 1. The van der Waals surface area contributed by atoms with Crippen molar-refractivity contribution in [2.45, 2.75) is 19.4 Å². The van der Waals surface area contributed by atoms with Crippen molar-refractivity contribution in [3.05, 3.63) is 53.3 Å². The second-order valence-electron chi connectivity index (χ2n) is 3.99. The largest absolute Gasteiger partial charge is 0.508 e. The molecule has 1 heterocycles. The number of nitrogens with zero attached hydrogens (tertiary/aromatic N) is 1. The summed E-state index contributed by atoms with van der Waals surface area (Å²) in [5, 5.41) is 9.19. The summed E-state index contributed by atoms with van der Waals surface area (Å²) in [7, 11) is 0. The Morgan fingerprint density at radius 1 is 1.17 bits per heavy atom. The van der Waals surface area contributed by atoms with Crippen molar-refractivity contribution >= 4 is 11.6 Å². The van der Waals surface area contributed by atoms with Gasteiger partial charge < -0.3 is 9.84 Å². The zero-order valence-electron chi connectivity index (χ0n) is 10.1. The molecule has 0 radical (unpaired) electrons. The Morgan fingerprint density at radius 2 is 1.89 bits per heavy atom. The second kappa shape index (κ2) is 5.74. The van der Waals surface area contributed by atoms with Crippen molar-refractivity contribution in [1.29, 1.82) is 0 Å². The Labute approximate surface area is 111 Å². The number of benzene rings is 1. The predicted octanol–water partition coefficient (Wildman–Crippen LogP) is 3.41. The van der Waals surface area contributed by atoms with Gasteiger partial charge >= 0.3 is 0 Å². The molecule has 0 spiro atoms. The third-order valence-electron chi connectivity index (χ3n) is 2.53. The highest BCUT2D eigenvalue weighted by molar-refractivity contribution is 6.17. The highest BCUT2D eigenvalue weighted by Gasteiger charge is 2.05. The first-order valence-electron chi connectivity index (χ1n) is 5.62. The zero-order valence-corrected chi connectivity index (χ0v) is 10.8. The van der Waals surface area contributed by atoms with Gasteiger partial charge in [0.05, 0.1) is 11.6 Å². The molecule has 0 aliphatic heterocycles. The minimum Gasteiger partial charge on any atom is -0.508 e. The first-order chi connectivity index (χ1) is 8.69. The molecule has 3 nitrogen and oxygen atoms in total. The third kappa shape index (κ3) is 3.14. The zero-order chi connectivity index (χ0) is 13.0.